The summed E-state index contributed by atoms with van der Waals surface area (Å²) in [5, 5.41) is 14.5. The fraction of sp³-hybridized carbons (Fsp3) is 0.250. The van der Waals surface area contributed by atoms with Gasteiger partial charge in [-0.15, -0.1) is 0 Å². The van der Waals surface area contributed by atoms with Gasteiger partial charge in [0, 0.05) is 16.7 Å². The number of phenols is 1. The Labute approximate surface area is 104 Å². The van der Waals surface area contributed by atoms with E-state index in [2.05, 4.69) is 5.16 Å². The normalized spacial score (nSPS) is 11.1. The van der Waals surface area contributed by atoms with Crippen molar-refractivity contribution in [3.8, 4) is 17.0 Å². The summed E-state index contributed by atoms with van der Waals surface area (Å²) in [6.07, 6.45) is 0. The van der Waals surface area contributed by atoms with Gasteiger partial charge in [-0.1, -0.05) is 30.6 Å². The number of hydrogen-bond donors (Lipinski definition) is 2. The van der Waals surface area contributed by atoms with E-state index in [1.165, 1.54) is 0 Å². The van der Waals surface area contributed by atoms with Crippen molar-refractivity contribution in [2.75, 3.05) is 5.73 Å². The van der Waals surface area contributed by atoms with E-state index in [4.69, 9.17) is 21.9 Å². The van der Waals surface area contributed by atoms with Gasteiger partial charge in [0.05, 0.1) is 0 Å². The minimum Gasteiger partial charge on any atom is -0.507 e. The van der Waals surface area contributed by atoms with E-state index in [0.29, 0.717) is 16.3 Å². The molecule has 0 radical (unpaired) electrons. The van der Waals surface area contributed by atoms with Crippen LogP contribution in [-0.2, 0) is 0 Å². The first-order valence-electron chi connectivity index (χ1n) is 5.24. The van der Waals surface area contributed by atoms with Crippen LogP contribution < -0.4 is 5.73 Å². The molecule has 0 fully saturated rings. The fourth-order valence-electron chi connectivity index (χ4n) is 1.67. The summed E-state index contributed by atoms with van der Waals surface area (Å²) in [5.41, 5.74) is 7.24. The molecule has 0 aliphatic heterocycles. The fourth-order valence-corrected chi connectivity index (χ4v) is 1.90. The maximum absolute atomic E-state index is 10.2. The average molecular weight is 253 g/mol. The molecule has 4 nitrogen and oxygen atoms in total. The first-order chi connectivity index (χ1) is 7.99. The number of nitrogens with two attached hydrogens (primary N) is 1. The van der Waals surface area contributed by atoms with Crippen molar-refractivity contribution in [3.05, 3.63) is 28.8 Å². The van der Waals surface area contributed by atoms with Gasteiger partial charge in [0.1, 0.15) is 11.4 Å². The molecule has 0 amide bonds. The third kappa shape index (κ3) is 2.22. The molecule has 1 heterocycles. The van der Waals surface area contributed by atoms with Crippen LogP contribution in [0, 0.1) is 0 Å². The van der Waals surface area contributed by atoms with E-state index in [1.807, 2.05) is 13.8 Å². The Morgan fingerprint density at radius 2 is 2.06 bits per heavy atom. The molecule has 3 N–H and O–H groups in total. The van der Waals surface area contributed by atoms with Gasteiger partial charge in [-0.25, -0.2) is 0 Å². The zero-order valence-electron chi connectivity index (χ0n) is 9.57. The summed E-state index contributed by atoms with van der Waals surface area (Å²) >= 11 is 6.02. The van der Waals surface area contributed by atoms with Gasteiger partial charge in [0.2, 0.25) is 5.88 Å². The lowest BCUT2D eigenvalue weighted by atomic mass is 9.98. The zero-order valence-corrected chi connectivity index (χ0v) is 10.3. The van der Waals surface area contributed by atoms with Crippen molar-refractivity contribution in [2.45, 2.75) is 19.8 Å². The van der Waals surface area contributed by atoms with Gasteiger partial charge in [0.15, 0.2) is 0 Å². The Kier molecular flexibility index (Phi) is 2.98. The number of nitrogens with zero attached hydrogens (tertiary/aromatic N) is 1. The van der Waals surface area contributed by atoms with Crippen molar-refractivity contribution < 1.29 is 9.63 Å². The smallest absolute Gasteiger partial charge is 0.222 e. The second-order valence-corrected chi connectivity index (χ2v) is 4.60. The summed E-state index contributed by atoms with van der Waals surface area (Å²) < 4.78 is 4.79. The molecule has 2 rings (SSSR count). The van der Waals surface area contributed by atoms with Crippen LogP contribution in [0.25, 0.3) is 11.3 Å². The van der Waals surface area contributed by atoms with Crippen LogP contribution in [0.2, 0.25) is 5.02 Å². The van der Waals surface area contributed by atoms with Crippen molar-refractivity contribution >= 4 is 17.5 Å². The number of nitrogen functional groups attached to an aromatic ring is 1. The SMILES string of the molecule is CC(C)c1cc(Cl)cc(-c2cc(N)on2)c1O. The molecule has 0 atom stereocenters. The first-order valence-corrected chi connectivity index (χ1v) is 5.61. The number of rotatable bonds is 2. The number of aromatic hydroxyl groups is 1. The average Bonchev–Trinajstić information content (AvgIpc) is 2.67. The van der Waals surface area contributed by atoms with Crippen LogP contribution in [0.1, 0.15) is 25.3 Å². The standard InChI is InChI=1S/C12H13ClN2O2/c1-6(2)8-3-7(13)4-9(12(8)16)10-5-11(14)17-15-10/h3-6,16H,14H2,1-2H3. The highest BCUT2D eigenvalue weighted by molar-refractivity contribution is 6.31. The molecule has 5 heteroatoms. The maximum Gasteiger partial charge on any atom is 0.222 e. The predicted molar refractivity (Wildman–Crippen MR) is 67.1 cm³/mol. The molecule has 0 unspecified atom stereocenters. The molecule has 0 spiro atoms. The monoisotopic (exact) mass is 252 g/mol. The van der Waals surface area contributed by atoms with E-state index in [0.717, 1.165) is 5.56 Å². The number of phenolic OH excluding ortho intramolecular Hbond substituents is 1. The largest absolute Gasteiger partial charge is 0.507 e. The van der Waals surface area contributed by atoms with E-state index >= 15 is 0 Å². The Hall–Kier alpha value is -1.68. The zero-order chi connectivity index (χ0) is 12.6. The highest BCUT2D eigenvalue weighted by atomic mass is 35.5. The molecule has 1 aromatic carbocycles. The lowest BCUT2D eigenvalue weighted by Crippen LogP contribution is -1.91. The van der Waals surface area contributed by atoms with Crippen LogP contribution in [0.3, 0.4) is 0 Å². The molecule has 1 aromatic heterocycles. The second kappa shape index (κ2) is 4.30. The molecular weight excluding hydrogens is 240 g/mol. The molecule has 0 bridgehead atoms. The third-order valence-electron chi connectivity index (χ3n) is 2.53. The highest BCUT2D eigenvalue weighted by Gasteiger charge is 2.16. The van der Waals surface area contributed by atoms with Crippen LogP contribution in [0.15, 0.2) is 22.7 Å². The number of benzene rings is 1. The van der Waals surface area contributed by atoms with E-state index in [-0.39, 0.29) is 17.6 Å². The van der Waals surface area contributed by atoms with Crippen LogP contribution in [0.5, 0.6) is 5.75 Å². The van der Waals surface area contributed by atoms with Crippen LogP contribution >= 0.6 is 11.6 Å². The first kappa shape index (κ1) is 11.8. The lowest BCUT2D eigenvalue weighted by Gasteiger charge is -2.11. The van der Waals surface area contributed by atoms with Crippen molar-refractivity contribution in [2.24, 2.45) is 0 Å². The maximum atomic E-state index is 10.2. The number of hydrogen-bond acceptors (Lipinski definition) is 4. The Balaban J connectivity index is 2.61. The van der Waals surface area contributed by atoms with Crippen LogP contribution in [-0.4, -0.2) is 10.3 Å². The summed E-state index contributed by atoms with van der Waals surface area (Å²) in [6.45, 7) is 3.96. The molecule has 0 aliphatic rings. The van der Waals surface area contributed by atoms with Gasteiger partial charge in [0.25, 0.3) is 0 Å². The summed E-state index contributed by atoms with van der Waals surface area (Å²) in [6, 6.07) is 4.93. The van der Waals surface area contributed by atoms with Crippen molar-refractivity contribution in [1.82, 2.24) is 5.16 Å². The van der Waals surface area contributed by atoms with Gasteiger partial charge in [-0.05, 0) is 23.6 Å². The molecule has 0 saturated heterocycles. The summed E-state index contributed by atoms with van der Waals surface area (Å²) in [4.78, 5) is 0. The molecule has 17 heavy (non-hydrogen) atoms. The lowest BCUT2D eigenvalue weighted by molar-refractivity contribution is 0.436. The van der Waals surface area contributed by atoms with Gasteiger partial charge >= 0.3 is 0 Å². The van der Waals surface area contributed by atoms with E-state index < -0.39 is 0 Å². The number of halogens is 1. The predicted octanol–water partition coefficient (Wildman–Crippen LogP) is 3.41. The minimum atomic E-state index is 0.164. The number of anilines is 1. The highest BCUT2D eigenvalue weighted by Crippen LogP contribution is 2.38. The second-order valence-electron chi connectivity index (χ2n) is 4.16. The van der Waals surface area contributed by atoms with Gasteiger partial charge in [-0.3, -0.25) is 0 Å². The Morgan fingerprint density at radius 1 is 1.35 bits per heavy atom. The summed E-state index contributed by atoms with van der Waals surface area (Å²) in [7, 11) is 0. The Bertz CT molecular complexity index is 549. The molecule has 2 aromatic rings. The topological polar surface area (TPSA) is 72.3 Å². The van der Waals surface area contributed by atoms with Gasteiger partial charge < -0.3 is 15.4 Å². The molecule has 0 saturated carbocycles. The van der Waals surface area contributed by atoms with Crippen LogP contribution in [0.4, 0.5) is 5.88 Å². The number of aromatic nitrogens is 1. The van der Waals surface area contributed by atoms with Gasteiger partial charge in [-0.2, -0.15) is 0 Å². The molecule has 0 aliphatic carbocycles. The van der Waals surface area contributed by atoms with Crippen molar-refractivity contribution in [1.29, 1.82) is 0 Å². The minimum absolute atomic E-state index is 0.164. The quantitative estimate of drug-likeness (QED) is 0.859. The molecular formula is C12H13ClN2O2. The van der Waals surface area contributed by atoms with E-state index in [1.54, 1.807) is 18.2 Å². The Morgan fingerprint density at radius 3 is 2.59 bits per heavy atom. The third-order valence-corrected chi connectivity index (χ3v) is 2.75. The van der Waals surface area contributed by atoms with Crippen molar-refractivity contribution in [3.63, 3.8) is 0 Å². The molecule has 90 valence electrons. The summed E-state index contributed by atoms with van der Waals surface area (Å²) in [5.74, 6) is 0.528. The van der Waals surface area contributed by atoms with E-state index in [9.17, 15) is 5.11 Å².